The summed E-state index contributed by atoms with van der Waals surface area (Å²) in [5.74, 6) is 0.00407. The highest BCUT2D eigenvalue weighted by Gasteiger charge is 2.17. The van der Waals surface area contributed by atoms with Crippen LogP contribution in [0.1, 0.15) is 0 Å². The first-order valence-electron chi connectivity index (χ1n) is 9.85. The minimum absolute atomic E-state index is 0.0713. The monoisotopic (exact) mass is 462 g/mol. The van der Waals surface area contributed by atoms with Gasteiger partial charge in [-0.05, 0) is 54.6 Å². The number of halogens is 1. The van der Waals surface area contributed by atoms with E-state index in [4.69, 9.17) is 5.73 Å². The Kier molecular flexibility index (Phi) is 6.65. The molecule has 0 saturated heterocycles. The van der Waals surface area contributed by atoms with Crippen molar-refractivity contribution in [1.29, 1.82) is 0 Å². The van der Waals surface area contributed by atoms with Gasteiger partial charge in [0.2, 0.25) is 5.91 Å². The van der Waals surface area contributed by atoms with Crippen LogP contribution in [-0.4, -0.2) is 32.5 Å². The van der Waals surface area contributed by atoms with Gasteiger partial charge in [-0.15, -0.1) is 10.2 Å². The molecule has 0 radical (unpaired) electrons. The molecule has 4 aromatic rings. The first-order chi connectivity index (χ1) is 16.0. The largest absolute Gasteiger partial charge is 0.351 e. The number of urea groups is 1. The zero-order valence-electron chi connectivity index (χ0n) is 17.2. The third-order valence-electron chi connectivity index (χ3n) is 4.50. The number of primary amides is 1. The fourth-order valence-corrected chi connectivity index (χ4v) is 3.86. The van der Waals surface area contributed by atoms with E-state index in [1.165, 1.54) is 23.9 Å². The number of hydrogen-bond acceptors (Lipinski definition) is 5. The maximum Gasteiger partial charge on any atom is 0.316 e. The molecule has 10 heteroatoms. The predicted octanol–water partition coefficient (Wildman–Crippen LogP) is 4.29. The second-order valence-electron chi connectivity index (χ2n) is 6.89. The van der Waals surface area contributed by atoms with Crippen LogP contribution in [0.5, 0.6) is 0 Å². The molecule has 1 aromatic heterocycles. The number of aromatic nitrogens is 3. The van der Waals surface area contributed by atoms with Crippen LogP contribution >= 0.6 is 11.8 Å². The summed E-state index contributed by atoms with van der Waals surface area (Å²) < 4.78 is 15.2. The van der Waals surface area contributed by atoms with Crippen molar-refractivity contribution in [3.05, 3.63) is 84.7 Å². The van der Waals surface area contributed by atoms with E-state index in [1.54, 1.807) is 36.4 Å². The molecular weight excluding hydrogens is 443 g/mol. The normalized spacial score (nSPS) is 10.6. The quantitative estimate of drug-likeness (QED) is 0.354. The van der Waals surface area contributed by atoms with E-state index >= 15 is 0 Å². The molecule has 4 N–H and O–H groups in total. The Labute approximate surface area is 193 Å². The summed E-state index contributed by atoms with van der Waals surface area (Å²) in [6.07, 6.45) is 0. The molecule has 0 saturated carbocycles. The van der Waals surface area contributed by atoms with Crippen molar-refractivity contribution in [2.24, 2.45) is 5.73 Å². The number of carbonyl (C=O) groups excluding carboxylic acids is 2. The second-order valence-corrected chi connectivity index (χ2v) is 7.83. The molecule has 166 valence electrons. The van der Waals surface area contributed by atoms with Crippen LogP contribution in [0.15, 0.2) is 84.0 Å². The molecule has 0 atom stereocenters. The number of nitrogens with two attached hydrogens (primary N) is 1. The maximum absolute atomic E-state index is 13.4. The summed E-state index contributed by atoms with van der Waals surface area (Å²) in [5.41, 5.74) is 7.63. The average molecular weight is 463 g/mol. The number of anilines is 2. The summed E-state index contributed by atoms with van der Waals surface area (Å²) in [6.45, 7) is 0. The molecule has 1 heterocycles. The van der Waals surface area contributed by atoms with Gasteiger partial charge in [-0.1, -0.05) is 36.0 Å². The smallest absolute Gasteiger partial charge is 0.316 e. The van der Waals surface area contributed by atoms with Crippen LogP contribution < -0.4 is 16.4 Å². The third kappa shape index (κ3) is 5.55. The molecule has 0 spiro atoms. The number of carbonyl (C=O) groups is 2. The predicted molar refractivity (Wildman–Crippen MR) is 126 cm³/mol. The highest BCUT2D eigenvalue weighted by molar-refractivity contribution is 7.99. The van der Waals surface area contributed by atoms with Crippen molar-refractivity contribution in [3.8, 4) is 17.1 Å². The molecule has 3 aromatic carbocycles. The molecular formula is C23H19FN6O2S. The average Bonchev–Trinajstić information content (AvgIpc) is 3.22. The highest BCUT2D eigenvalue weighted by Crippen LogP contribution is 2.28. The van der Waals surface area contributed by atoms with Crippen molar-refractivity contribution in [1.82, 2.24) is 14.8 Å². The van der Waals surface area contributed by atoms with E-state index in [1.807, 2.05) is 34.9 Å². The maximum atomic E-state index is 13.4. The lowest BCUT2D eigenvalue weighted by Crippen LogP contribution is -2.19. The number of para-hydroxylation sites is 1. The van der Waals surface area contributed by atoms with Gasteiger partial charge in [0.05, 0.1) is 5.75 Å². The first kappa shape index (κ1) is 22.0. The standard InChI is InChI=1S/C23H19FN6O2S/c24-16-11-9-15(10-12-16)21-28-29-23(30(21)19-7-2-1-3-8-19)33-14-20(31)26-17-5-4-6-18(13-17)27-22(25)32/h1-13H,14H2,(H,26,31)(H3,25,27,32). The number of nitrogens with zero attached hydrogens (tertiary/aromatic N) is 3. The minimum atomic E-state index is -0.689. The Bertz CT molecular complexity index is 1280. The first-order valence-corrected chi connectivity index (χ1v) is 10.8. The van der Waals surface area contributed by atoms with E-state index in [0.717, 1.165) is 5.69 Å². The Hall–Kier alpha value is -4.18. The Morgan fingerprint density at radius 2 is 1.61 bits per heavy atom. The molecule has 0 bridgehead atoms. The SMILES string of the molecule is NC(=O)Nc1cccc(NC(=O)CSc2nnc(-c3ccc(F)cc3)n2-c2ccccc2)c1. The van der Waals surface area contributed by atoms with Gasteiger partial charge in [-0.3, -0.25) is 9.36 Å². The molecule has 0 aliphatic rings. The van der Waals surface area contributed by atoms with Crippen molar-refractivity contribution < 1.29 is 14.0 Å². The summed E-state index contributed by atoms with van der Waals surface area (Å²) in [7, 11) is 0. The van der Waals surface area contributed by atoms with E-state index in [2.05, 4.69) is 20.8 Å². The molecule has 0 aliphatic heterocycles. The van der Waals surface area contributed by atoms with Crippen LogP contribution in [-0.2, 0) is 4.79 Å². The van der Waals surface area contributed by atoms with Crippen molar-refractivity contribution in [2.75, 3.05) is 16.4 Å². The molecule has 4 rings (SSSR count). The molecule has 8 nitrogen and oxygen atoms in total. The molecule has 0 fully saturated rings. The fourth-order valence-electron chi connectivity index (χ4n) is 3.10. The van der Waals surface area contributed by atoms with Gasteiger partial charge in [0.25, 0.3) is 0 Å². The lowest BCUT2D eigenvalue weighted by Gasteiger charge is -2.11. The number of hydrogen-bond donors (Lipinski definition) is 3. The summed E-state index contributed by atoms with van der Waals surface area (Å²) >= 11 is 1.22. The van der Waals surface area contributed by atoms with Gasteiger partial charge in [-0.2, -0.15) is 0 Å². The van der Waals surface area contributed by atoms with Crippen LogP contribution in [0.4, 0.5) is 20.6 Å². The highest BCUT2D eigenvalue weighted by atomic mass is 32.2. The number of nitrogens with one attached hydrogen (secondary N) is 2. The Balaban J connectivity index is 1.53. The molecule has 0 aliphatic carbocycles. The van der Waals surface area contributed by atoms with Crippen LogP contribution in [0, 0.1) is 5.82 Å². The van der Waals surface area contributed by atoms with Crippen LogP contribution in [0.25, 0.3) is 17.1 Å². The van der Waals surface area contributed by atoms with Crippen LogP contribution in [0.3, 0.4) is 0 Å². The van der Waals surface area contributed by atoms with Crippen molar-refractivity contribution >= 4 is 35.1 Å². The summed E-state index contributed by atoms with van der Waals surface area (Å²) in [5, 5.41) is 14.3. The number of amides is 3. The Morgan fingerprint density at radius 1 is 0.909 bits per heavy atom. The Morgan fingerprint density at radius 3 is 2.30 bits per heavy atom. The van der Waals surface area contributed by atoms with E-state index in [9.17, 15) is 14.0 Å². The zero-order chi connectivity index (χ0) is 23.2. The van der Waals surface area contributed by atoms with Crippen molar-refractivity contribution in [2.45, 2.75) is 5.16 Å². The molecule has 33 heavy (non-hydrogen) atoms. The molecule has 0 unspecified atom stereocenters. The van der Waals surface area contributed by atoms with Gasteiger partial charge in [-0.25, -0.2) is 9.18 Å². The molecule has 3 amide bonds. The van der Waals surface area contributed by atoms with Gasteiger partial charge in [0, 0.05) is 22.6 Å². The van der Waals surface area contributed by atoms with E-state index in [0.29, 0.717) is 27.9 Å². The zero-order valence-corrected chi connectivity index (χ0v) is 18.1. The third-order valence-corrected chi connectivity index (χ3v) is 5.43. The van der Waals surface area contributed by atoms with Crippen LogP contribution in [0.2, 0.25) is 0 Å². The second kappa shape index (κ2) is 9.96. The van der Waals surface area contributed by atoms with Crippen molar-refractivity contribution in [3.63, 3.8) is 0 Å². The van der Waals surface area contributed by atoms with Gasteiger partial charge in [0.15, 0.2) is 11.0 Å². The van der Waals surface area contributed by atoms with Gasteiger partial charge < -0.3 is 16.4 Å². The summed E-state index contributed by atoms with van der Waals surface area (Å²) in [4.78, 5) is 23.6. The fraction of sp³-hybridized carbons (Fsp3) is 0.0435. The van der Waals surface area contributed by atoms with E-state index < -0.39 is 6.03 Å². The lowest BCUT2D eigenvalue weighted by molar-refractivity contribution is -0.113. The van der Waals surface area contributed by atoms with E-state index in [-0.39, 0.29) is 17.5 Å². The number of thioether (sulfide) groups is 1. The van der Waals surface area contributed by atoms with Gasteiger partial charge >= 0.3 is 6.03 Å². The topological polar surface area (TPSA) is 115 Å². The van der Waals surface area contributed by atoms with Gasteiger partial charge in [0.1, 0.15) is 5.82 Å². The number of benzene rings is 3. The number of rotatable bonds is 7. The summed E-state index contributed by atoms with van der Waals surface area (Å²) in [6, 6.07) is 21.4. The lowest BCUT2D eigenvalue weighted by atomic mass is 10.2. The minimum Gasteiger partial charge on any atom is -0.351 e.